The van der Waals surface area contributed by atoms with Gasteiger partial charge < -0.3 is 10.2 Å². The van der Waals surface area contributed by atoms with Gasteiger partial charge in [-0.25, -0.2) is 0 Å². The first kappa shape index (κ1) is 12.7. The van der Waals surface area contributed by atoms with E-state index in [-0.39, 0.29) is 0 Å². The zero-order valence-electron chi connectivity index (χ0n) is 10.6. The van der Waals surface area contributed by atoms with Crippen molar-refractivity contribution in [2.45, 2.75) is 38.1 Å². The average Bonchev–Trinajstić information content (AvgIpc) is 2.81. The normalized spacial score (nSPS) is 27.8. The molecule has 0 aromatic rings. The first-order valence-electron chi connectivity index (χ1n) is 6.84. The van der Waals surface area contributed by atoms with Gasteiger partial charge in [0.15, 0.2) is 0 Å². The maximum Gasteiger partial charge on any atom is 0.0170 e. The molecule has 0 spiro atoms. The van der Waals surface area contributed by atoms with Crippen LogP contribution in [0.3, 0.4) is 0 Å². The van der Waals surface area contributed by atoms with Crippen LogP contribution in [-0.4, -0.2) is 49.1 Å². The van der Waals surface area contributed by atoms with E-state index in [1.165, 1.54) is 63.2 Å². The summed E-state index contributed by atoms with van der Waals surface area (Å²) in [6, 6.07) is 0.768. The molecule has 1 heterocycles. The Labute approximate surface area is 105 Å². The number of nitrogens with one attached hydrogen (secondary N) is 1. The van der Waals surface area contributed by atoms with E-state index in [9.17, 15) is 0 Å². The molecule has 2 rings (SSSR count). The second kappa shape index (κ2) is 6.87. The van der Waals surface area contributed by atoms with Gasteiger partial charge in [0.2, 0.25) is 0 Å². The third-order valence-corrected chi connectivity index (χ3v) is 5.03. The molecule has 0 radical (unpaired) electrons. The lowest BCUT2D eigenvalue weighted by molar-refractivity contribution is 0.265. The molecule has 2 nitrogen and oxygen atoms in total. The van der Waals surface area contributed by atoms with Crippen LogP contribution in [0.25, 0.3) is 0 Å². The fourth-order valence-corrected chi connectivity index (χ4v) is 3.90. The summed E-state index contributed by atoms with van der Waals surface area (Å²) in [4.78, 5) is 2.55. The van der Waals surface area contributed by atoms with Crippen molar-refractivity contribution in [3.8, 4) is 0 Å². The summed E-state index contributed by atoms with van der Waals surface area (Å²) in [6.07, 6.45) is 7.22. The molecule has 1 aliphatic heterocycles. The SMILES string of the molecule is CN(CCC1CSCCN1)CC1CCCC1. The van der Waals surface area contributed by atoms with Gasteiger partial charge in [-0.3, -0.25) is 0 Å². The maximum absolute atomic E-state index is 3.62. The highest BCUT2D eigenvalue weighted by molar-refractivity contribution is 7.99. The van der Waals surface area contributed by atoms with Gasteiger partial charge in [-0.2, -0.15) is 11.8 Å². The molecule has 0 bridgehead atoms. The summed E-state index contributed by atoms with van der Waals surface area (Å²) < 4.78 is 0. The van der Waals surface area contributed by atoms with Crippen molar-refractivity contribution in [1.82, 2.24) is 10.2 Å². The van der Waals surface area contributed by atoms with E-state index >= 15 is 0 Å². The first-order valence-corrected chi connectivity index (χ1v) is 8.00. The molecule has 1 saturated heterocycles. The summed E-state index contributed by atoms with van der Waals surface area (Å²) in [7, 11) is 2.30. The van der Waals surface area contributed by atoms with E-state index in [2.05, 4.69) is 29.0 Å². The van der Waals surface area contributed by atoms with Gasteiger partial charge in [-0.15, -0.1) is 0 Å². The Hall–Kier alpha value is 0.270. The van der Waals surface area contributed by atoms with Gasteiger partial charge >= 0.3 is 0 Å². The van der Waals surface area contributed by atoms with E-state index in [1.54, 1.807) is 0 Å². The van der Waals surface area contributed by atoms with Gasteiger partial charge in [0.05, 0.1) is 0 Å². The molecule has 1 saturated carbocycles. The summed E-state index contributed by atoms with van der Waals surface area (Å²) in [5.74, 6) is 3.62. The maximum atomic E-state index is 3.62. The monoisotopic (exact) mass is 242 g/mol. The fraction of sp³-hybridized carbons (Fsp3) is 1.00. The zero-order valence-corrected chi connectivity index (χ0v) is 11.4. The van der Waals surface area contributed by atoms with E-state index in [0.29, 0.717) is 0 Å². The van der Waals surface area contributed by atoms with Gasteiger partial charge in [-0.1, -0.05) is 12.8 Å². The van der Waals surface area contributed by atoms with Crippen molar-refractivity contribution >= 4 is 11.8 Å². The van der Waals surface area contributed by atoms with Crippen LogP contribution in [0.1, 0.15) is 32.1 Å². The zero-order chi connectivity index (χ0) is 11.2. The number of hydrogen-bond donors (Lipinski definition) is 1. The highest BCUT2D eigenvalue weighted by Crippen LogP contribution is 2.25. The molecule has 1 atom stereocenters. The smallest absolute Gasteiger partial charge is 0.0170 e. The molecule has 16 heavy (non-hydrogen) atoms. The number of nitrogens with zero attached hydrogens (tertiary/aromatic N) is 1. The molecule has 1 aliphatic carbocycles. The Morgan fingerprint density at radius 1 is 1.31 bits per heavy atom. The molecule has 1 unspecified atom stereocenters. The average molecular weight is 242 g/mol. The number of rotatable bonds is 5. The molecule has 0 aromatic heterocycles. The van der Waals surface area contributed by atoms with Crippen molar-refractivity contribution in [3.63, 3.8) is 0 Å². The molecule has 3 heteroatoms. The Bertz CT molecular complexity index is 186. The van der Waals surface area contributed by atoms with E-state index in [0.717, 1.165) is 12.0 Å². The first-order chi connectivity index (χ1) is 7.84. The molecular weight excluding hydrogens is 216 g/mol. The van der Waals surface area contributed by atoms with Crippen LogP contribution in [0.2, 0.25) is 0 Å². The minimum Gasteiger partial charge on any atom is -0.312 e. The third kappa shape index (κ3) is 4.27. The minimum atomic E-state index is 0.768. The Balaban J connectivity index is 1.57. The van der Waals surface area contributed by atoms with Crippen molar-refractivity contribution < 1.29 is 0 Å². The lowest BCUT2D eigenvalue weighted by Crippen LogP contribution is -2.40. The van der Waals surface area contributed by atoms with Crippen molar-refractivity contribution in [2.24, 2.45) is 5.92 Å². The van der Waals surface area contributed by atoms with E-state index < -0.39 is 0 Å². The van der Waals surface area contributed by atoms with Crippen LogP contribution in [0, 0.1) is 5.92 Å². The Morgan fingerprint density at radius 3 is 2.81 bits per heavy atom. The van der Waals surface area contributed by atoms with Crippen LogP contribution in [-0.2, 0) is 0 Å². The van der Waals surface area contributed by atoms with Gasteiger partial charge in [0.25, 0.3) is 0 Å². The molecule has 1 N–H and O–H groups in total. The number of hydrogen-bond acceptors (Lipinski definition) is 3. The van der Waals surface area contributed by atoms with E-state index in [4.69, 9.17) is 0 Å². The summed E-state index contributed by atoms with van der Waals surface area (Å²) >= 11 is 2.11. The Kier molecular flexibility index (Phi) is 5.46. The standard InChI is InChI=1S/C13H26N2S/c1-15(10-12-4-2-3-5-12)8-6-13-11-16-9-7-14-13/h12-14H,2-11H2,1H3. The molecule has 94 valence electrons. The van der Waals surface area contributed by atoms with E-state index in [1.807, 2.05) is 0 Å². The van der Waals surface area contributed by atoms with Crippen LogP contribution < -0.4 is 5.32 Å². The van der Waals surface area contributed by atoms with Crippen LogP contribution in [0.5, 0.6) is 0 Å². The third-order valence-electron chi connectivity index (χ3n) is 3.90. The predicted molar refractivity (Wildman–Crippen MR) is 73.2 cm³/mol. The molecule has 0 amide bonds. The molecule has 2 aliphatic rings. The minimum absolute atomic E-state index is 0.768. The Morgan fingerprint density at radius 2 is 2.12 bits per heavy atom. The second-order valence-electron chi connectivity index (χ2n) is 5.43. The van der Waals surface area contributed by atoms with Crippen LogP contribution in [0.15, 0.2) is 0 Å². The van der Waals surface area contributed by atoms with Crippen molar-refractivity contribution in [2.75, 3.05) is 38.2 Å². The molecule has 0 aromatic carbocycles. The van der Waals surface area contributed by atoms with Gasteiger partial charge in [-0.05, 0) is 38.8 Å². The highest BCUT2D eigenvalue weighted by atomic mass is 32.2. The summed E-state index contributed by atoms with van der Waals surface area (Å²) in [5.41, 5.74) is 0. The number of thioether (sulfide) groups is 1. The highest BCUT2D eigenvalue weighted by Gasteiger charge is 2.18. The van der Waals surface area contributed by atoms with Crippen molar-refractivity contribution in [3.05, 3.63) is 0 Å². The lowest BCUT2D eigenvalue weighted by Gasteiger charge is -2.26. The second-order valence-corrected chi connectivity index (χ2v) is 6.58. The quantitative estimate of drug-likeness (QED) is 0.796. The van der Waals surface area contributed by atoms with Crippen LogP contribution >= 0.6 is 11.8 Å². The summed E-state index contributed by atoms with van der Waals surface area (Å²) in [5, 5.41) is 3.62. The van der Waals surface area contributed by atoms with Gasteiger partial charge in [0, 0.05) is 30.6 Å². The van der Waals surface area contributed by atoms with Gasteiger partial charge in [0.1, 0.15) is 0 Å². The fourth-order valence-electron chi connectivity index (χ4n) is 2.91. The lowest BCUT2D eigenvalue weighted by atomic mass is 10.1. The van der Waals surface area contributed by atoms with Crippen LogP contribution in [0.4, 0.5) is 0 Å². The summed E-state index contributed by atoms with van der Waals surface area (Å²) in [6.45, 7) is 3.82. The predicted octanol–water partition coefficient (Wildman–Crippen LogP) is 2.20. The van der Waals surface area contributed by atoms with Crippen molar-refractivity contribution in [1.29, 1.82) is 0 Å². The molecular formula is C13H26N2S. The molecule has 2 fully saturated rings. The topological polar surface area (TPSA) is 15.3 Å². The largest absolute Gasteiger partial charge is 0.312 e.